The van der Waals surface area contributed by atoms with E-state index in [0.717, 1.165) is 30.4 Å². The quantitative estimate of drug-likeness (QED) is 0.520. The Morgan fingerprint density at radius 3 is 2.45 bits per heavy atom. The number of hydrogen-bond acceptors (Lipinski definition) is 4. The van der Waals surface area contributed by atoms with Gasteiger partial charge < -0.3 is 20.6 Å². The Labute approximate surface area is 220 Å². The van der Waals surface area contributed by atoms with Gasteiger partial charge in [0.2, 0.25) is 11.8 Å². The average molecular weight is 523 g/mol. The van der Waals surface area contributed by atoms with Gasteiger partial charge in [-0.05, 0) is 86.4 Å². The molecule has 1 saturated carbocycles. The van der Waals surface area contributed by atoms with Crippen LogP contribution in [0.3, 0.4) is 0 Å². The van der Waals surface area contributed by atoms with Gasteiger partial charge in [-0.1, -0.05) is 18.2 Å². The predicted molar refractivity (Wildman–Crippen MR) is 137 cm³/mol. The van der Waals surface area contributed by atoms with E-state index in [1.165, 1.54) is 12.1 Å². The Hall–Kier alpha value is -3.95. The minimum atomic E-state index is -1.47. The van der Waals surface area contributed by atoms with Gasteiger partial charge in [0.1, 0.15) is 12.4 Å². The third-order valence-corrected chi connectivity index (χ3v) is 7.69. The number of nitrogens with one attached hydrogen (secondary N) is 2. The van der Waals surface area contributed by atoms with Crippen LogP contribution in [0, 0.1) is 5.82 Å². The number of hydrogen-bond donors (Lipinski definition) is 3. The number of benzene rings is 2. The van der Waals surface area contributed by atoms with Crippen molar-refractivity contribution in [1.82, 2.24) is 15.1 Å². The summed E-state index contributed by atoms with van der Waals surface area (Å²) in [5, 5.41) is 15.5. The van der Waals surface area contributed by atoms with Crippen molar-refractivity contribution in [2.24, 2.45) is 0 Å². The number of carbonyl (C=O) groups is 4. The second kappa shape index (κ2) is 10.4. The van der Waals surface area contributed by atoms with E-state index in [4.69, 9.17) is 0 Å². The first kappa shape index (κ1) is 25.7. The molecule has 5 amide bonds. The Bertz CT molecular complexity index is 1260. The highest BCUT2D eigenvalue weighted by molar-refractivity contribution is 5.99. The van der Waals surface area contributed by atoms with Crippen molar-refractivity contribution in [1.29, 1.82) is 0 Å². The van der Waals surface area contributed by atoms with Gasteiger partial charge in [0.05, 0.1) is 12.0 Å². The Morgan fingerprint density at radius 2 is 1.76 bits per heavy atom. The van der Waals surface area contributed by atoms with E-state index in [9.17, 15) is 28.7 Å². The number of carboxylic acid groups (broad SMARTS) is 1. The Morgan fingerprint density at radius 1 is 1.03 bits per heavy atom. The molecule has 38 heavy (non-hydrogen) atoms. The van der Waals surface area contributed by atoms with Gasteiger partial charge in [-0.2, -0.15) is 0 Å². The smallest absolute Gasteiger partial charge is 0.414 e. The fourth-order valence-electron chi connectivity index (χ4n) is 5.59. The van der Waals surface area contributed by atoms with Crippen LogP contribution in [0.5, 0.6) is 0 Å². The first-order valence-electron chi connectivity index (χ1n) is 13.0. The lowest BCUT2D eigenvalue weighted by Gasteiger charge is -2.31. The molecule has 5 rings (SSSR count). The number of rotatable bonds is 6. The summed E-state index contributed by atoms with van der Waals surface area (Å²) in [5.74, 6) is -2.16. The summed E-state index contributed by atoms with van der Waals surface area (Å²) in [6.07, 6.45) is 2.85. The van der Waals surface area contributed by atoms with Crippen LogP contribution in [-0.2, 0) is 16.0 Å². The highest BCUT2D eigenvalue weighted by atomic mass is 19.1. The Balaban J connectivity index is 1.28. The molecule has 3 aliphatic rings. The zero-order valence-corrected chi connectivity index (χ0v) is 21.2. The van der Waals surface area contributed by atoms with E-state index in [1.807, 2.05) is 13.0 Å². The first-order valence-corrected chi connectivity index (χ1v) is 13.0. The van der Waals surface area contributed by atoms with Crippen LogP contribution in [0.15, 0.2) is 42.5 Å². The Kier molecular flexibility index (Phi) is 7.05. The first-order chi connectivity index (χ1) is 18.2. The second-order valence-electron chi connectivity index (χ2n) is 10.4. The lowest BCUT2D eigenvalue weighted by molar-refractivity contribution is -0.141. The topological polar surface area (TPSA) is 119 Å². The fraction of sp³-hybridized carbons (Fsp3) is 0.429. The van der Waals surface area contributed by atoms with Crippen molar-refractivity contribution in [3.05, 3.63) is 65.0 Å². The van der Waals surface area contributed by atoms with Gasteiger partial charge in [-0.15, -0.1) is 0 Å². The molecule has 0 bridgehead atoms. The molecule has 0 spiro atoms. The fourth-order valence-corrected chi connectivity index (χ4v) is 5.59. The molecular weight excluding hydrogens is 491 g/mol. The number of anilines is 1. The minimum Gasteiger partial charge on any atom is -0.465 e. The molecule has 2 fully saturated rings. The summed E-state index contributed by atoms with van der Waals surface area (Å²) < 4.78 is 13.4. The lowest BCUT2D eigenvalue weighted by atomic mass is 9.99. The molecule has 0 radical (unpaired) electrons. The third kappa shape index (κ3) is 5.34. The molecule has 10 heteroatoms. The molecule has 0 unspecified atom stereocenters. The van der Waals surface area contributed by atoms with Crippen LogP contribution in [-0.4, -0.2) is 57.5 Å². The highest BCUT2D eigenvalue weighted by Gasteiger charge is 2.40. The standard InChI is InChI=1S/C28H31FN4O5/c1-16-2-13-24(17-3-6-19(29)7-4-17)33(16)25(34)15-32(28(37)38)26(35)23-11-5-18-14-21(10-12-22(18)23)31-27(36)30-20-8-9-20/h3-4,6-7,10,12,14,16,20,23-24H,2,5,8-9,11,13,15H2,1H3,(H,37,38)(H2,30,31,36)/t16-,23-,24-/m0/s1. The molecule has 2 aromatic rings. The molecule has 3 atom stereocenters. The number of amides is 5. The summed E-state index contributed by atoms with van der Waals surface area (Å²) in [5.41, 5.74) is 2.96. The maximum absolute atomic E-state index is 13.4. The van der Waals surface area contributed by atoms with Crippen LogP contribution in [0.1, 0.15) is 67.7 Å². The van der Waals surface area contributed by atoms with E-state index in [-0.39, 0.29) is 30.0 Å². The molecule has 3 N–H and O–H groups in total. The van der Waals surface area contributed by atoms with Crippen molar-refractivity contribution >= 4 is 29.6 Å². The number of carbonyl (C=O) groups excluding carboxylic acids is 3. The van der Waals surface area contributed by atoms with Gasteiger partial charge in [0.25, 0.3) is 0 Å². The van der Waals surface area contributed by atoms with E-state index in [0.29, 0.717) is 35.4 Å². The molecule has 0 aromatic heterocycles. The summed E-state index contributed by atoms with van der Waals surface area (Å²) >= 11 is 0. The maximum atomic E-state index is 13.4. The maximum Gasteiger partial charge on any atom is 0.414 e. The average Bonchev–Trinajstić information content (AvgIpc) is 3.45. The number of likely N-dealkylation sites (tertiary alicyclic amines) is 1. The summed E-state index contributed by atoms with van der Waals surface area (Å²) in [4.78, 5) is 53.2. The van der Waals surface area contributed by atoms with Gasteiger partial charge >= 0.3 is 12.1 Å². The number of nitrogens with zero attached hydrogens (tertiary/aromatic N) is 2. The summed E-state index contributed by atoms with van der Waals surface area (Å²) in [6.45, 7) is 1.31. The van der Waals surface area contributed by atoms with Crippen molar-refractivity contribution in [2.75, 3.05) is 11.9 Å². The molecule has 1 aliphatic heterocycles. The van der Waals surface area contributed by atoms with Crippen LogP contribution >= 0.6 is 0 Å². The van der Waals surface area contributed by atoms with Gasteiger partial charge in [-0.3, -0.25) is 9.59 Å². The van der Waals surface area contributed by atoms with Crippen molar-refractivity contribution in [2.45, 2.75) is 69.5 Å². The van der Waals surface area contributed by atoms with Crippen molar-refractivity contribution in [3.8, 4) is 0 Å². The minimum absolute atomic E-state index is 0.140. The molecule has 200 valence electrons. The summed E-state index contributed by atoms with van der Waals surface area (Å²) in [7, 11) is 0. The predicted octanol–water partition coefficient (Wildman–Crippen LogP) is 4.40. The highest BCUT2D eigenvalue weighted by Crippen LogP contribution is 2.38. The monoisotopic (exact) mass is 522 g/mol. The lowest BCUT2D eigenvalue weighted by Crippen LogP contribution is -2.48. The number of imide groups is 1. The number of fused-ring (bicyclic) bond motifs is 1. The van der Waals surface area contributed by atoms with Crippen LogP contribution < -0.4 is 10.6 Å². The van der Waals surface area contributed by atoms with E-state index in [2.05, 4.69) is 10.6 Å². The molecule has 1 saturated heterocycles. The van der Waals surface area contributed by atoms with Gasteiger partial charge in [-0.25, -0.2) is 18.9 Å². The van der Waals surface area contributed by atoms with E-state index >= 15 is 0 Å². The van der Waals surface area contributed by atoms with Gasteiger partial charge in [0, 0.05) is 17.8 Å². The van der Waals surface area contributed by atoms with E-state index in [1.54, 1.807) is 29.2 Å². The second-order valence-corrected chi connectivity index (χ2v) is 10.4. The largest absolute Gasteiger partial charge is 0.465 e. The van der Waals surface area contributed by atoms with E-state index < -0.39 is 30.4 Å². The molecular formula is C28H31FN4O5. The molecule has 1 heterocycles. The summed E-state index contributed by atoms with van der Waals surface area (Å²) in [6, 6.07) is 10.7. The van der Waals surface area contributed by atoms with Gasteiger partial charge in [0.15, 0.2) is 0 Å². The van der Waals surface area contributed by atoms with Crippen LogP contribution in [0.2, 0.25) is 0 Å². The van der Waals surface area contributed by atoms with Crippen molar-refractivity contribution < 1.29 is 28.7 Å². The van der Waals surface area contributed by atoms with Crippen LogP contribution in [0.25, 0.3) is 0 Å². The zero-order valence-electron chi connectivity index (χ0n) is 21.2. The SMILES string of the molecule is C[C@H]1CC[C@@H](c2ccc(F)cc2)N1C(=O)CN(C(=O)O)C(=O)[C@H]1CCc2cc(NC(=O)NC3CC3)ccc21. The normalized spacial score (nSPS) is 22.1. The number of aryl methyl sites for hydroxylation is 1. The molecule has 2 aromatic carbocycles. The number of urea groups is 1. The van der Waals surface area contributed by atoms with Crippen LogP contribution in [0.4, 0.5) is 19.7 Å². The molecule has 2 aliphatic carbocycles. The zero-order chi connectivity index (χ0) is 27.0. The molecule has 9 nitrogen and oxygen atoms in total. The third-order valence-electron chi connectivity index (χ3n) is 7.69. The van der Waals surface area contributed by atoms with Crippen molar-refractivity contribution in [3.63, 3.8) is 0 Å². The number of halogens is 1.